The minimum absolute atomic E-state index is 0.834. The molecule has 0 aliphatic heterocycles. The Morgan fingerprint density at radius 3 is 2.35 bits per heavy atom. The Hall–Kier alpha value is -1.12. The van der Waals surface area contributed by atoms with Crippen molar-refractivity contribution in [1.29, 1.82) is 0 Å². The van der Waals surface area contributed by atoms with Gasteiger partial charge in [-0.1, -0.05) is 52.3 Å². The van der Waals surface area contributed by atoms with Gasteiger partial charge in [0, 0.05) is 4.47 Å². The van der Waals surface area contributed by atoms with E-state index in [1.807, 2.05) is 50.2 Å². The molecule has 0 fully saturated rings. The van der Waals surface area contributed by atoms with Crippen molar-refractivity contribution >= 4 is 15.9 Å². The molecular formula is C15H15BrO. The topological polar surface area (TPSA) is 20.2 Å². The highest BCUT2D eigenvalue weighted by molar-refractivity contribution is 9.10. The summed E-state index contributed by atoms with van der Waals surface area (Å²) in [6.45, 7) is 3.62. The fourth-order valence-electron chi connectivity index (χ4n) is 1.92. The van der Waals surface area contributed by atoms with E-state index in [2.05, 4.69) is 28.1 Å². The smallest absolute Gasteiger partial charge is 0.0846 e. The Kier molecular flexibility index (Phi) is 3.36. The third kappa shape index (κ3) is 2.76. The maximum Gasteiger partial charge on any atom is 0.0846 e. The molecule has 2 heteroatoms. The highest BCUT2D eigenvalue weighted by Crippen LogP contribution is 2.32. The predicted molar refractivity (Wildman–Crippen MR) is 74.8 cm³/mol. The molecule has 1 N–H and O–H groups in total. The van der Waals surface area contributed by atoms with Gasteiger partial charge in [-0.15, -0.1) is 0 Å². The van der Waals surface area contributed by atoms with E-state index in [0.717, 1.165) is 21.2 Å². The standard InChI is InChI=1S/C15H15BrO/c1-15(2,17)14-9-4-3-8-13(14)11-6-5-7-12(16)10-11/h3-10,17H,1-2H3. The molecule has 0 radical (unpaired) electrons. The maximum absolute atomic E-state index is 10.2. The lowest BCUT2D eigenvalue weighted by atomic mass is 9.90. The molecule has 0 aliphatic carbocycles. The van der Waals surface area contributed by atoms with E-state index in [1.165, 1.54) is 0 Å². The minimum Gasteiger partial charge on any atom is -0.386 e. The van der Waals surface area contributed by atoms with Crippen molar-refractivity contribution in [3.63, 3.8) is 0 Å². The molecule has 0 aliphatic rings. The van der Waals surface area contributed by atoms with Gasteiger partial charge in [0.15, 0.2) is 0 Å². The lowest BCUT2D eigenvalue weighted by Crippen LogP contribution is -2.16. The summed E-state index contributed by atoms with van der Waals surface area (Å²) in [4.78, 5) is 0. The van der Waals surface area contributed by atoms with Crippen LogP contribution in [0.4, 0.5) is 0 Å². The Balaban J connectivity index is 2.60. The molecular weight excluding hydrogens is 276 g/mol. The first-order valence-electron chi connectivity index (χ1n) is 5.56. The van der Waals surface area contributed by atoms with E-state index in [1.54, 1.807) is 0 Å². The molecule has 0 atom stereocenters. The van der Waals surface area contributed by atoms with Crippen molar-refractivity contribution in [2.75, 3.05) is 0 Å². The fourth-order valence-corrected chi connectivity index (χ4v) is 2.32. The average Bonchev–Trinajstić information content (AvgIpc) is 2.28. The molecule has 88 valence electrons. The van der Waals surface area contributed by atoms with Crippen LogP contribution in [0, 0.1) is 0 Å². The first kappa shape index (κ1) is 12.3. The molecule has 1 nitrogen and oxygen atoms in total. The van der Waals surface area contributed by atoms with Gasteiger partial charge in [0.1, 0.15) is 0 Å². The first-order valence-corrected chi connectivity index (χ1v) is 6.35. The van der Waals surface area contributed by atoms with Crippen molar-refractivity contribution in [2.45, 2.75) is 19.4 Å². The van der Waals surface area contributed by atoms with Gasteiger partial charge in [-0.2, -0.15) is 0 Å². The van der Waals surface area contributed by atoms with Gasteiger partial charge in [0.2, 0.25) is 0 Å². The molecule has 0 saturated heterocycles. The van der Waals surface area contributed by atoms with Crippen molar-refractivity contribution in [3.05, 3.63) is 58.6 Å². The number of hydrogen-bond donors (Lipinski definition) is 1. The van der Waals surface area contributed by atoms with Crippen molar-refractivity contribution in [2.24, 2.45) is 0 Å². The summed E-state index contributed by atoms with van der Waals surface area (Å²) in [6, 6.07) is 16.1. The van der Waals surface area contributed by atoms with Crippen LogP contribution in [0.1, 0.15) is 19.4 Å². The van der Waals surface area contributed by atoms with Crippen LogP contribution in [-0.2, 0) is 5.60 Å². The number of hydrogen-bond acceptors (Lipinski definition) is 1. The number of rotatable bonds is 2. The third-order valence-electron chi connectivity index (χ3n) is 2.72. The largest absolute Gasteiger partial charge is 0.386 e. The molecule has 0 bridgehead atoms. The quantitative estimate of drug-likeness (QED) is 0.872. The Morgan fingerprint density at radius 2 is 1.71 bits per heavy atom. The van der Waals surface area contributed by atoms with Gasteiger partial charge in [-0.25, -0.2) is 0 Å². The van der Waals surface area contributed by atoms with E-state index in [0.29, 0.717) is 0 Å². The summed E-state index contributed by atoms with van der Waals surface area (Å²) < 4.78 is 1.04. The van der Waals surface area contributed by atoms with Crippen LogP contribution in [0.5, 0.6) is 0 Å². The zero-order valence-corrected chi connectivity index (χ0v) is 11.5. The lowest BCUT2D eigenvalue weighted by molar-refractivity contribution is 0.0792. The summed E-state index contributed by atoms with van der Waals surface area (Å²) in [5.41, 5.74) is 2.29. The van der Waals surface area contributed by atoms with Gasteiger partial charge >= 0.3 is 0 Å². The number of aliphatic hydroxyl groups is 1. The molecule has 0 heterocycles. The van der Waals surface area contributed by atoms with Crippen LogP contribution >= 0.6 is 15.9 Å². The van der Waals surface area contributed by atoms with E-state index in [9.17, 15) is 5.11 Å². The van der Waals surface area contributed by atoms with Crippen LogP contribution in [0.25, 0.3) is 11.1 Å². The summed E-state index contributed by atoms with van der Waals surface area (Å²) >= 11 is 3.47. The minimum atomic E-state index is -0.834. The molecule has 17 heavy (non-hydrogen) atoms. The van der Waals surface area contributed by atoms with E-state index >= 15 is 0 Å². The monoisotopic (exact) mass is 290 g/mol. The summed E-state index contributed by atoms with van der Waals surface area (Å²) in [5.74, 6) is 0. The molecule has 2 aromatic rings. The van der Waals surface area contributed by atoms with Gasteiger partial charge in [-0.05, 0) is 42.7 Å². The van der Waals surface area contributed by atoms with Crippen molar-refractivity contribution in [1.82, 2.24) is 0 Å². The molecule has 0 spiro atoms. The normalized spacial score (nSPS) is 11.5. The first-order chi connectivity index (χ1) is 7.98. The molecule has 0 saturated carbocycles. The third-order valence-corrected chi connectivity index (χ3v) is 3.22. The van der Waals surface area contributed by atoms with Crippen LogP contribution in [0.2, 0.25) is 0 Å². The molecule has 0 unspecified atom stereocenters. The van der Waals surface area contributed by atoms with E-state index in [-0.39, 0.29) is 0 Å². The van der Waals surface area contributed by atoms with Crippen LogP contribution in [0.15, 0.2) is 53.0 Å². The zero-order chi connectivity index (χ0) is 12.5. The Labute approximate surface area is 110 Å². The van der Waals surface area contributed by atoms with Crippen LogP contribution in [-0.4, -0.2) is 5.11 Å². The molecule has 0 aromatic heterocycles. The Morgan fingerprint density at radius 1 is 1.00 bits per heavy atom. The van der Waals surface area contributed by atoms with Gasteiger partial charge in [0.05, 0.1) is 5.60 Å². The predicted octanol–water partition coefficient (Wildman–Crippen LogP) is 4.34. The highest BCUT2D eigenvalue weighted by atomic mass is 79.9. The van der Waals surface area contributed by atoms with Crippen molar-refractivity contribution in [3.8, 4) is 11.1 Å². The van der Waals surface area contributed by atoms with Gasteiger partial charge < -0.3 is 5.11 Å². The highest BCUT2D eigenvalue weighted by Gasteiger charge is 2.19. The molecule has 0 amide bonds. The van der Waals surface area contributed by atoms with Crippen molar-refractivity contribution < 1.29 is 5.11 Å². The number of benzene rings is 2. The second-order valence-electron chi connectivity index (χ2n) is 4.61. The molecule has 2 rings (SSSR count). The lowest BCUT2D eigenvalue weighted by Gasteiger charge is -2.21. The van der Waals surface area contributed by atoms with Crippen LogP contribution in [0.3, 0.4) is 0 Å². The van der Waals surface area contributed by atoms with Gasteiger partial charge in [-0.3, -0.25) is 0 Å². The summed E-state index contributed by atoms with van der Waals surface area (Å²) in [5, 5.41) is 10.2. The fraction of sp³-hybridized carbons (Fsp3) is 0.200. The second-order valence-corrected chi connectivity index (χ2v) is 5.53. The second kappa shape index (κ2) is 4.63. The SMILES string of the molecule is CC(C)(O)c1ccccc1-c1cccc(Br)c1. The maximum atomic E-state index is 10.2. The summed E-state index contributed by atoms with van der Waals surface area (Å²) in [6.07, 6.45) is 0. The number of halogens is 1. The van der Waals surface area contributed by atoms with Crippen LogP contribution < -0.4 is 0 Å². The van der Waals surface area contributed by atoms with Gasteiger partial charge in [0.25, 0.3) is 0 Å². The van der Waals surface area contributed by atoms with E-state index < -0.39 is 5.60 Å². The van der Waals surface area contributed by atoms with E-state index in [4.69, 9.17) is 0 Å². The Bertz CT molecular complexity index is 526. The molecule has 2 aromatic carbocycles. The zero-order valence-electron chi connectivity index (χ0n) is 9.94. The summed E-state index contributed by atoms with van der Waals surface area (Å²) in [7, 11) is 0. The average molecular weight is 291 g/mol.